The van der Waals surface area contributed by atoms with Crippen molar-refractivity contribution >= 4 is 29.1 Å². The minimum Gasteiger partial charge on any atom is -0.339 e. The largest absolute Gasteiger partial charge is 0.339 e. The Bertz CT molecular complexity index is 1100. The SMILES string of the molecule is CCC(=O)Nc1cccc(-c2noc([C@H]3CCCN(C(=O)c4cccc(Cl)c4)C3)n2)c1. The van der Waals surface area contributed by atoms with Gasteiger partial charge in [0, 0.05) is 41.3 Å². The summed E-state index contributed by atoms with van der Waals surface area (Å²) in [7, 11) is 0. The van der Waals surface area contributed by atoms with Gasteiger partial charge in [0.05, 0.1) is 5.92 Å². The lowest BCUT2D eigenvalue weighted by Gasteiger charge is -2.31. The molecule has 0 spiro atoms. The van der Waals surface area contributed by atoms with Gasteiger partial charge in [-0.2, -0.15) is 4.98 Å². The molecular formula is C23H23ClN4O3. The van der Waals surface area contributed by atoms with Crippen LogP contribution in [0.5, 0.6) is 0 Å². The Morgan fingerprint density at radius 2 is 2.06 bits per heavy atom. The van der Waals surface area contributed by atoms with E-state index < -0.39 is 0 Å². The number of carbonyl (C=O) groups excluding carboxylic acids is 2. The molecule has 1 N–H and O–H groups in total. The third-order valence-corrected chi connectivity index (χ3v) is 5.53. The highest BCUT2D eigenvalue weighted by atomic mass is 35.5. The number of likely N-dealkylation sites (tertiary alicyclic amines) is 1. The number of nitrogens with zero attached hydrogens (tertiary/aromatic N) is 3. The molecule has 4 rings (SSSR count). The molecule has 1 atom stereocenters. The average molecular weight is 439 g/mol. The number of rotatable bonds is 5. The summed E-state index contributed by atoms with van der Waals surface area (Å²) in [6.45, 7) is 3.00. The van der Waals surface area contributed by atoms with E-state index in [9.17, 15) is 9.59 Å². The van der Waals surface area contributed by atoms with Gasteiger partial charge in [-0.05, 0) is 43.2 Å². The first kappa shape index (κ1) is 21.1. The number of nitrogens with one attached hydrogen (secondary N) is 1. The van der Waals surface area contributed by atoms with Crippen molar-refractivity contribution in [2.45, 2.75) is 32.1 Å². The van der Waals surface area contributed by atoms with Crippen LogP contribution in [0.2, 0.25) is 5.02 Å². The Labute approximate surface area is 185 Å². The Hall–Kier alpha value is -3.19. The number of benzene rings is 2. The zero-order valence-corrected chi connectivity index (χ0v) is 17.9. The van der Waals surface area contributed by atoms with Crippen molar-refractivity contribution in [1.82, 2.24) is 15.0 Å². The average Bonchev–Trinajstić information content (AvgIpc) is 3.29. The second-order valence-electron chi connectivity index (χ2n) is 7.54. The molecule has 0 bridgehead atoms. The molecule has 8 heteroatoms. The van der Waals surface area contributed by atoms with E-state index in [1.807, 2.05) is 29.2 Å². The molecule has 160 valence electrons. The number of hydrogen-bond acceptors (Lipinski definition) is 5. The van der Waals surface area contributed by atoms with E-state index in [0.29, 0.717) is 47.5 Å². The fourth-order valence-electron chi connectivity index (χ4n) is 3.67. The molecule has 3 aromatic rings. The summed E-state index contributed by atoms with van der Waals surface area (Å²) in [6, 6.07) is 14.3. The van der Waals surface area contributed by atoms with Crippen molar-refractivity contribution in [3.63, 3.8) is 0 Å². The monoisotopic (exact) mass is 438 g/mol. The van der Waals surface area contributed by atoms with E-state index >= 15 is 0 Å². The van der Waals surface area contributed by atoms with Crippen LogP contribution in [-0.2, 0) is 4.79 Å². The molecule has 1 aliphatic rings. The van der Waals surface area contributed by atoms with Gasteiger partial charge >= 0.3 is 0 Å². The van der Waals surface area contributed by atoms with Gasteiger partial charge in [-0.15, -0.1) is 0 Å². The maximum absolute atomic E-state index is 12.9. The third kappa shape index (κ3) is 4.94. The van der Waals surface area contributed by atoms with Crippen LogP contribution in [0.1, 0.15) is 48.4 Å². The number of halogens is 1. The molecule has 0 unspecified atom stereocenters. The van der Waals surface area contributed by atoms with Crippen LogP contribution in [-0.4, -0.2) is 39.9 Å². The fraction of sp³-hybridized carbons (Fsp3) is 0.304. The fourth-order valence-corrected chi connectivity index (χ4v) is 3.86. The van der Waals surface area contributed by atoms with Gasteiger partial charge < -0.3 is 14.7 Å². The molecule has 1 aromatic heterocycles. The van der Waals surface area contributed by atoms with E-state index in [4.69, 9.17) is 16.1 Å². The van der Waals surface area contributed by atoms with Gasteiger partial charge in [-0.25, -0.2) is 0 Å². The van der Waals surface area contributed by atoms with Crippen LogP contribution in [0.15, 0.2) is 53.1 Å². The number of anilines is 1. The number of carbonyl (C=O) groups is 2. The van der Waals surface area contributed by atoms with Crippen molar-refractivity contribution in [3.8, 4) is 11.4 Å². The summed E-state index contributed by atoms with van der Waals surface area (Å²) >= 11 is 6.03. The molecule has 2 amide bonds. The maximum Gasteiger partial charge on any atom is 0.253 e. The molecular weight excluding hydrogens is 416 g/mol. The number of amides is 2. The standard InChI is InChI=1S/C23H23ClN4O3/c1-2-20(29)25-19-10-4-6-15(13-19)21-26-22(31-27-21)17-8-5-11-28(14-17)23(30)16-7-3-9-18(24)12-16/h3-4,6-7,9-10,12-13,17H,2,5,8,11,14H2,1H3,(H,25,29)/t17-/m0/s1. The van der Waals surface area contributed by atoms with Crippen LogP contribution in [0.4, 0.5) is 5.69 Å². The second-order valence-corrected chi connectivity index (χ2v) is 7.98. The van der Waals surface area contributed by atoms with Crippen molar-refractivity contribution in [2.24, 2.45) is 0 Å². The van der Waals surface area contributed by atoms with E-state index in [1.165, 1.54) is 0 Å². The molecule has 1 saturated heterocycles. The minimum absolute atomic E-state index is 0.0267. The summed E-state index contributed by atoms with van der Waals surface area (Å²) in [5.74, 6) is 0.840. The van der Waals surface area contributed by atoms with Crippen molar-refractivity contribution in [1.29, 1.82) is 0 Å². The second kappa shape index (κ2) is 9.31. The molecule has 2 heterocycles. The normalized spacial score (nSPS) is 16.2. The zero-order valence-electron chi connectivity index (χ0n) is 17.2. The lowest BCUT2D eigenvalue weighted by molar-refractivity contribution is -0.115. The first-order valence-corrected chi connectivity index (χ1v) is 10.7. The topological polar surface area (TPSA) is 88.3 Å². The first-order valence-electron chi connectivity index (χ1n) is 10.3. The van der Waals surface area contributed by atoms with Gasteiger partial charge in [-0.1, -0.05) is 41.9 Å². The lowest BCUT2D eigenvalue weighted by Crippen LogP contribution is -2.39. The third-order valence-electron chi connectivity index (χ3n) is 5.30. The highest BCUT2D eigenvalue weighted by Crippen LogP contribution is 2.29. The van der Waals surface area contributed by atoms with Gasteiger partial charge in [0.1, 0.15) is 0 Å². The molecule has 0 aliphatic carbocycles. The number of aromatic nitrogens is 2. The van der Waals surface area contributed by atoms with E-state index in [2.05, 4.69) is 15.5 Å². The summed E-state index contributed by atoms with van der Waals surface area (Å²) in [6.07, 6.45) is 2.13. The maximum atomic E-state index is 12.9. The number of hydrogen-bond donors (Lipinski definition) is 1. The zero-order chi connectivity index (χ0) is 21.8. The van der Waals surface area contributed by atoms with Crippen LogP contribution in [0.25, 0.3) is 11.4 Å². The van der Waals surface area contributed by atoms with E-state index in [1.54, 1.807) is 31.2 Å². The summed E-state index contributed by atoms with van der Waals surface area (Å²) in [5.41, 5.74) is 2.02. The Morgan fingerprint density at radius 1 is 1.23 bits per heavy atom. The molecule has 7 nitrogen and oxygen atoms in total. The Kier molecular flexibility index (Phi) is 6.32. The Morgan fingerprint density at radius 3 is 2.87 bits per heavy atom. The van der Waals surface area contributed by atoms with Gasteiger partial charge in [0.2, 0.25) is 17.6 Å². The van der Waals surface area contributed by atoms with Crippen molar-refractivity contribution < 1.29 is 14.1 Å². The van der Waals surface area contributed by atoms with Crippen LogP contribution in [0.3, 0.4) is 0 Å². The molecule has 1 aliphatic heterocycles. The van der Waals surface area contributed by atoms with Crippen LogP contribution in [0, 0.1) is 0 Å². The molecule has 1 fully saturated rings. The summed E-state index contributed by atoms with van der Waals surface area (Å²) in [4.78, 5) is 30.9. The summed E-state index contributed by atoms with van der Waals surface area (Å²) in [5, 5.41) is 7.49. The molecule has 2 aromatic carbocycles. The van der Waals surface area contributed by atoms with Gasteiger partial charge in [-0.3, -0.25) is 9.59 Å². The molecule has 0 saturated carbocycles. The van der Waals surface area contributed by atoms with Gasteiger partial charge in [0.25, 0.3) is 5.91 Å². The highest BCUT2D eigenvalue weighted by molar-refractivity contribution is 6.30. The predicted octanol–water partition coefficient (Wildman–Crippen LogP) is 4.76. The predicted molar refractivity (Wildman–Crippen MR) is 118 cm³/mol. The van der Waals surface area contributed by atoms with Crippen molar-refractivity contribution in [3.05, 3.63) is 65.0 Å². The van der Waals surface area contributed by atoms with Crippen LogP contribution < -0.4 is 5.32 Å². The van der Waals surface area contributed by atoms with Crippen LogP contribution >= 0.6 is 11.6 Å². The first-order chi connectivity index (χ1) is 15.0. The summed E-state index contributed by atoms with van der Waals surface area (Å²) < 4.78 is 5.55. The number of piperidine rings is 1. The molecule has 31 heavy (non-hydrogen) atoms. The van der Waals surface area contributed by atoms with E-state index in [0.717, 1.165) is 18.4 Å². The van der Waals surface area contributed by atoms with E-state index in [-0.39, 0.29) is 17.7 Å². The lowest BCUT2D eigenvalue weighted by atomic mass is 9.97. The quantitative estimate of drug-likeness (QED) is 0.620. The molecule has 0 radical (unpaired) electrons. The Balaban J connectivity index is 1.48. The van der Waals surface area contributed by atoms with Crippen molar-refractivity contribution in [2.75, 3.05) is 18.4 Å². The van der Waals surface area contributed by atoms with Gasteiger partial charge in [0.15, 0.2) is 0 Å². The smallest absolute Gasteiger partial charge is 0.253 e. The minimum atomic E-state index is -0.0578. The highest BCUT2D eigenvalue weighted by Gasteiger charge is 2.29.